The van der Waals surface area contributed by atoms with Crippen molar-refractivity contribution in [1.82, 2.24) is 31.0 Å². The molecule has 1 aromatic heterocycles. The molecule has 2 fully saturated rings. The highest BCUT2D eigenvalue weighted by molar-refractivity contribution is 5.73. The predicted octanol–water partition coefficient (Wildman–Crippen LogP) is 2.50. The van der Waals surface area contributed by atoms with Gasteiger partial charge in [0.2, 0.25) is 0 Å². The van der Waals surface area contributed by atoms with E-state index in [1.807, 2.05) is 25.4 Å². The zero-order valence-electron chi connectivity index (χ0n) is 20.1. The minimum atomic E-state index is -0.210. The largest absolute Gasteiger partial charge is 0.354 e. The lowest BCUT2D eigenvalue weighted by Gasteiger charge is -2.33. The number of likely N-dealkylation sites (N-methyl/N-ethyl adjacent to an activating group) is 1. The second kappa shape index (κ2) is 11.6. The fourth-order valence-corrected chi connectivity index (χ4v) is 4.52. The number of carbonyl (C=O) groups excluding carboxylic acids is 1. The number of hydrogen-bond donors (Lipinski definition) is 3. The first-order valence-electron chi connectivity index (χ1n) is 12.1. The van der Waals surface area contributed by atoms with Gasteiger partial charge in [0.25, 0.3) is 0 Å². The molecule has 0 aliphatic carbocycles. The summed E-state index contributed by atoms with van der Waals surface area (Å²) in [5, 5.41) is 3.02. The molecule has 4 rings (SSSR count). The number of hydrogen-bond acceptors (Lipinski definition) is 6. The first-order chi connectivity index (χ1) is 16.5. The van der Waals surface area contributed by atoms with Gasteiger partial charge in [-0.05, 0) is 61.7 Å². The maximum atomic E-state index is 13.5. The van der Waals surface area contributed by atoms with E-state index in [0.29, 0.717) is 19.1 Å². The first-order valence-corrected chi connectivity index (χ1v) is 12.1. The van der Waals surface area contributed by atoms with Crippen LogP contribution in [0.5, 0.6) is 0 Å². The number of benzene rings is 1. The summed E-state index contributed by atoms with van der Waals surface area (Å²) in [7, 11) is 3.96. The highest BCUT2D eigenvalue weighted by atomic mass is 19.1. The quantitative estimate of drug-likeness (QED) is 0.552. The molecule has 2 aromatic rings. The predicted molar refractivity (Wildman–Crippen MR) is 132 cm³/mol. The topological polar surface area (TPSA) is 75.8 Å². The smallest absolute Gasteiger partial charge is 0.317 e. The third-order valence-corrected chi connectivity index (χ3v) is 6.71. The molecule has 2 amide bonds. The summed E-state index contributed by atoms with van der Waals surface area (Å²) in [4.78, 5) is 23.4. The number of piperazine rings is 1. The van der Waals surface area contributed by atoms with Crippen LogP contribution in [0.4, 0.5) is 15.0 Å². The van der Waals surface area contributed by atoms with Crippen molar-refractivity contribution in [3.8, 4) is 0 Å². The van der Waals surface area contributed by atoms with E-state index in [9.17, 15) is 9.18 Å². The number of rotatable bonds is 8. The van der Waals surface area contributed by atoms with Crippen molar-refractivity contribution in [3.63, 3.8) is 0 Å². The maximum absolute atomic E-state index is 13.5. The van der Waals surface area contributed by atoms with Crippen molar-refractivity contribution in [3.05, 3.63) is 59.5 Å². The zero-order valence-corrected chi connectivity index (χ0v) is 20.1. The Balaban J connectivity index is 1.16. The number of urea groups is 1. The van der Waals surface area contributed by atoms with Gasteiger partial charge < -0.3 is 20.0 Å². The molecule has 184 valence electrons. The molecule has 3 heterocycles. The van der Waals surface area contributed by atoms with Gasteiger partial charge in [0.05, 0.1) is 0 Å². The van der Waals surface area contributed by atoms with Gasteiger partial charge in [-0.3, -0.25) is 10.9 Å². The number of hydrazine groups is 1. The highest BCUT2D eigenvalue weighted by Crippen LogP contribution is 2.24. The molecular formula is C25H36FN7O. The van der Waals surface area contributed by atoms with Crippen LogP contribution in [0.25, 0.3) is 0 Å². The van der Waals surface area contributed by atoms with Crippen LogP contribution in [0, 0.1) is 5.82 Å². The summed E-state index contributed by atoms with van der Waals surface area (Å²) in [6.45, 7) is 5.16. The van der Waals surface area contributed by atoms with Gasteiger partial charge in [-0.15, -0.1) is 0 Å². The summed E-state index contributed by atoms with van der Waals surface area (Å²) in [6, 6.07) is 11.1. The highest BCUT2D eigenvalue weighted by Gasteiger charge is 2.25. The summed E-state index contributed by atoms with van der Waals surface area (Å²) >= 11 is 0. The van der Waals surface area contributed by atoms with Crippen LogP contribution in [0.15, 0.2) is 42.6 Å². The second-order valence-corrected chi connectivity index (χ2v) is 9.36. The number of amides is 2. The summed E-state index contributed by atoms with van der Waals surface area (Å²) in [5.74, 6) is 0.764. The van der Waals surface area contributed by atoms with Crippen LogP contribution in [0.2, 0.25) is 0 Å². The van der Waals surface area contributed by atoms with Gasteiger partial charge >= 0.3 is 6.03 Å². The van der Waals surface area contributed by atoms with Crippen molar-refractivity contribution in [2.24, 2.45) is 0 Å². The van der Waals surface area contributed by atoms with Crippen molar-refractivity contribution in [2.75, 3.05) is 51.7 Å². The second-order valence-electron chi connectivity index (χ2n) is 9.36. The van der Waals surface area contributed by atoms with Gasteiger partial charge in [-0.25, -0.2) is 14.2 Å². The molecule has 2 aliphatic heterocycles. The third-order valence-electron chi connectivity index (χ3n) is 6.71. The molecular weight excluding hydrogens is 433 g/mol. The number of nitrogens with one attached hydrogen (secondary N) is 3. The number of aromatic nitrogens is 1. The molecule has 0 bridgehead atoms. The molecule has 0 spiro atoms. The summed E-state index contributed by atoms with van der Waals surface area (Å²) in [5.41, 5.74) is 8.57. The van der Waals surface area contributed by atoms with Gasteiger partial charge in [-0.1, -0.05) is 12.1 Å². The lowest BCUT2D eigenvalue weighted by Crippen LogP contribution is -2.44. The van der Waals surface area contributed by atoms with Gasteiger partial charge in [0.15, 0.2) is 0 Å². The van der Waals surface area contributed by atoms with Gasteiger partial charge in [-0.2, -0.15) is 0 Å². The van der Waals surface area contributed by atoms with E-state index >= 15 is 0 Å². The minimum Gasteiger partial charge on any atom is -0.354 e. The van der Waals surface area contributed by atoms with Crippen LogP contribution < -0.4 is 21.1 Å². The van der Waals surface area contributed by atoms with Gasteiger partial charge in [0, 0.05) is 64.6 Å². The molecule has 34 heavy (non-hydrogen) atoms. The molecule has 2 saturated heterocycles. The Morgan fingerprint density at radius 3 is 2.82 bits per heavy atom. The van der Waals surface area contributed by atoms with Crippen molar-refractivity contribution >= 4 is 11.8 Å². The first kappa shape index (κ1) is 24.4. The molecule has 2 aliphatic rings. The monoisotopic (exact) mass is 469 g/mol. The van der Waals surface area contributed by atoms with E-state index in [-0.39, 0.29) is 17.9 Å². The Bertz CT molecular complexity index is 950. The molecule has 3 N–H and O–H groups in total. The van der Waals surface area contributed by atoms with E-state index in [2.05, 4.69) is 44.1 Å². The minimum absolute atomic E-state index is 0.0758. The van der Waals surface area contributed by atoms with Crippen LogP contribution in [-0.4, -0.2) is 73.7 Å². The molecule has 8 nitrogen and oxygen atoms in total. The van der Waals surface area contributed by atoms with Crippen molar-refractivity contribution in [1.29, 1.82) is 0 Å². The fourth-order valence-electron chi connectivity index (χ4n) is 4.52. The number of halogens is 1. The fraction of sp³-hybridized carbons (Fsp3) is 0.520. The van der Waals surface area contributed by atoms with Crippen LogP contribution in [-0.2, 0) is 6.54 Å². The van der Waals surface area contributed by atoms with E-state index in [0.717, 1.165) is 62.4 Å². The molecule has 2 atom stereocenters. The average molecular weight is 470 g/mol. The molecule has 2 unspecified atom stereocenters. The van der Waals surface area contributed by atoms with Crippen LogP contribution in [0.3, 0.4) is 0 Å². The van der Waals surface area contributed by atoms with Crippen LogP contribution >= 0.6 is 0 Å². The molecule has 0 radical (unpaired) electrons. The number of anilines is 1. The van der Waals surface area contributed by atoms with E-state index in [1.54, 1.807) is 17.0 Å². The van der Waals surface area contributed by atoms with Crippen LogP contribution in [0.1, 0.15) is 36.4 Å². The number of nitrogens with zero attached hydrogens (tertiary/aromatic N) is 4. The third kappa shape index (κ3) is 6.65. The Morgan fingerprint density at radius 1 is 1.21 bits per heavy atom. The van der Waals surface area contributed by atoms with E-state index in [1.165, 1.54) is 6.07 Å². The maximum Gasteiger partial charge on any atom is 0.317 e. The molecule has 0 saturated carbocycles. The average Bonchev–Trinajstić information content (AvgIpc) is 3.32. The Labute approximate surface area is 201 Å². The number of carbonyl (C=O) groups is 1. The normalized spacial score (nSPS) is 21.0. The Morgan fingerprint density at radius 2 is 2.03 bits per heavy atom. The van der Waals surface area contributed by atoms with Crippen molar-refractivity contribution in [2.45, 2.75) is 37.9 Å². The standard InChI is InChI=1S/C25H36FN7O/c1-31-11-13-33(14-12-31)24-15-19(8-9-27-24)18-28-25(34)32(2)10-4-7-22-17-23(30-29-22)20-5-3-6-21(26)16-20/h3,5-6,8-9,15-16,22-23,29-30H,4,7,10-14,17-18H2,1-2H3,(H,28,34). The molecule has 1 aromatic carbocycles. The molecule has 9 heteroatoms. The number of pyridine rings is 1. The Hall–Kier alpha value is -2.75. The zero-order chi connectivity index (χ0) is 23.9. The summed E-state index contributed by atoms with van der Waals surface area (Å²) < 4.78 is 13.5. The lowest BCUT2D eigenvalue weighted by atomic mass is 9.99. The van der Waals surface area contributed by atoms with E-state index in [4.69, 9.17) is 0 Å². The lowest BCUT2D eigenvalue weighted by molar-refractivity contribution is 0.207. The summed E-state index contributed by atoms with van der Waals surface area (Å²) in [6.07, 6.45) is 4.55. The van der Waals surface area contributed by atoms with E-state index < -0.39 is 0 Å². The van der Waals surface area contributed by atoms with Crippen molar-refractivity contribution < 1.29 is 9.18 Å². The SMILES string of the molecule is CN1CCN(c2cc(CNC(=O)N(C)CCCC3CC(c4cccc(F)c4)NN3)ccn2)CC1. The Kier molecular flexibility index (Phi) is 8.31. The van der Waals surface area contributed by atoms with Gasteiger partial charge in [0.1, 0.15) is 11.6 Å².